The lowest BCUT2D eigenvalue weighted by Crippen LogP contribution is -2.39. The molecular formula is C14H19N5O. The van der Waals surface area contributed by atoms with Crippen molar-refractivity contribution in [1.82, 2.24) is 25.1 Å². The molecule has 3 heterocycles. The summed E-state index contributed by atoms with van der Waals surface area (Å²) in [5, 5.41) is 7.00. The number of rotatable bonds is 3. The molecule has 0 radical (unpaired) electrons. The van der Waals surface area contributed by atoms with Crippen LogP contribution in [0.1, 0.15) is 42.4 Å². The monoisotopic (exact) mass is 273 g/mol. The number of aromatic nitrogens is 4. The highest BCUT2D eigenvalue weighted by Crippen LogP contribution is 2.30. The zero-order valence-corrected chi connectivity index (χ0v) is 11.6. The first-order chi connectivity index (χ1) is 9.75. The summed E-state index contributed by atoms with van der Waals surface area (Å²) in [6.45, 7) is 2.75. The van der Waals surface area contributed by atoms with Crippen molar-refractivity contribution in [2.45, 2.75) is 38.6 Å². The minimum atomic E-state index is 0.123. The van der Waals surface area contributed by atoms with Crippen molar-refractivity contribution in [2.24, 2.45) is 0 Å². The van der Waals surface area contributed by atoms with E-state index in [1.807, 2.05) is 17.9 Å². The number of carbonyl (C=O) groups is 1. The number of likely N-dealkylation sites (tertiary alicyclic amines) is 1. The fourth-order valence-corrected chi connectivity index (χ4v) is 2.82. The quantitative estimate of drug-likeness (QED) is 0.894. The molecule has 20 heavy (non-hydrogen) atoms. The summed E-state index contributed by atoms with van der Waals surface area (Å²) in [5.74, 6) is 0.138. The molecule has 2 N–H and O–H groups in total. The number of nitrogens with zero attached hydrogens (tertiary/aromatic N) is 3. The number of H-pyrrole nitrogens is 2. The van der Waals surface area contributed by atoms with E-state index in [1.165, 1.54) is 0 Å². The molecule has 0 aliphatic carbocycles. The number of hydrogen-bond acceptors (Lipinski definition) is 3. The second-order valence-electron chi connectivity index (χ2n) is 5.26. The number of carbonyl (C=O) groups excluding carboxylic acids is 1. The summed E-state index contributed by atoms with van der Waals surface area (Å²) in [4.78, 5) is 21.8. The van der Waals surface area contributed by atoms with Crippen LogP contribution in [0, 0.1) is 6.92 Å². The van der Waals surface area contributed by atoms with Gasteiger partial charge in [0.2, 0.25) is 5.91 Å². The molecular weight excluding hydrogens is 254 g/mol. The molecule has 1 aliphatic heterocycles. The Morgan fingerprint density at radius 2 is 2.40 bits per heavy atom. The molecule has 0 bridgehead atoms. The number of aromatic amines is 2. The number of aryl methyl sites for hydroxylation is 1. The fourth-order valence-electron chi connectivity index (χ4n) is 2.82. The molecule has 1 unspecified atom stereocenters. The number of imidazole rings is 1. The molecule has 2 aromatic rings. The van der Waals surface area contributed by atoms with E-state index in [1.54, 1.807) is 12.5 Å². The average Bonchev–Trinajstić information content (AvgIpc) is 3.11. The van der Waals surface area contributed by atoms with Crippen LogP contribution in [0.5, 0.6) is 0 Å². The van der Waals surface area contributed by atoms with Crippen molar-refractivity contribution < 1.29 is 4.79 Å². The lowest BCUT2D eigenvalue weighted by atomic mass is 9.98. The van der Waals surface area contributed by atoms with Crippen LogP contribution in [0.25, 0.3) is 0 Å². The Morgan fingerprint density at radius 1 is 1.50 bits per heavy atom. The summed E-state index contributed by atoms with van der Waals surface area (Å²) >= 11 is 0. The standard InChI is InChI=1S/C14H19N5O/c1-10-12(16-9-15-10)8-14(20)19-7-3-2-4-13(19)11-5-6-17-18-11/h5-6,9,13H,2-4,7-8H2,1H3,(H,15,16)(H,17,18). The molecule has 1 fully saturated rings. The first-order valence-electron chi connectivity index (χ1n) is 7.03. The SMILES string of the molecule is Cc1[nH]cnc1CC(=O)N1CCCCC1c1ccn[nH]1. The lowest BCUT2D eigenvalue weighted by molar-refractivity contribution is -0.134. The molecule has 3 rings (SSSR count). The molecule has 6 nitrogen and oxygen atoms in total. The maximum Gasteiger partial charge on any atom is 0.229 e. The van der Waals surface area contributed by atoms with Gasteiger partial charge in [0, 0.05) is 18.4 Å². The highest BCUT2D eigenvalue weighted by atomic mass is 16.2. The summed E-state index contributed by atoms with van der Waals surface area (Å²) < 4.78 is 0. The lowest BCUT2D eigenvalue weighted by Gasteiger charge is -2.35. The Morgan fingerprint density at radius 3 is 3.10 bits per heavy atom. The van der Waals surface area contributed by atoms with Crippen LogP contribution < -0.4 is 0 Å². The molecule has 6 heteroatoms. The minimum Gasteiger partial charge on any atom is -0.348 e. The third-order valence-corrected chi connectivity index (χ3v) is 3.96. The molecule has 2 aromatic heterocycles. The van der Waals surface area contributed by atoms with E-state index in [0.717, 1.165) is 42.9 Å². The Balaban J connectivity index is 1.76. The summed E-state index contributed by atoms with van der Waals surface area (Å²) in [6.07, 6.45) is 6.95. The van der Waals surface area contributed by atoms with Crippen LogP contribution in [-0.4, -0.2) is 37.5 Å². The minimum absolute atomic E-state index is 0.123. The van der Waals surface area contributed by atoms with Gasteiger partial charge in [-0.05, 0) is 32.3 Å². The fraction of sp³-hybridized carbons (Fsp3) is 0.500. The molecule has 0 spiro atoms. The molecule has 0 aromatic carbocycles. The van der Waals surface area contributed by atoms with Gasteiger partial charge in [0.1, 0.15) is 0 Å². The number of nitrogens with one attached hydrogen (secondary N) is 2. The second kappa shape index (κ2) is 5.48. The van der Waals surface area contributed by atoms with Gasteiger partial charge < -0.3 is 9.88 Å². The average molecular weight is 273 g/mol. The van der Waals surface area contributed by atoms with Gasteiger partial charge in [-0.25, -0.2) is 4.98 Å². The van der Waals surface area contributed by atoms with Crippen LogP contribution in [0.15, 0.2) is 18.6 Å². The summed E-state index contributed by atoms with van der Waals surface area (Å²) in [7, 11) is 0. The van der Waals surface area contributed by atoms with Crippen molar-refractivity contribution in [2.75, 3.05) is 6.54 Å². The number of hydrogen-bond donors (Lipinski definition) is 2. The van der Waals surface area contributed by atoms with Gasteiger partial charge >= 0.3 is 0 Å². The topological polar surface area (TPSA) is 77.7 Å². The number of piperidine rings is 1. The van der Waals surface area contributed by atoms with Crippen LogP contribution in [-0.2, 0) is 11.2 Å². The van der Waals surface area contributed by atoms with Crippen molar-refractivity contribution >= 4 is 5.91 Å². The van der Waals surface area contributed by atoms with E-state index in [-0.39, 0.29) is 11.9 Å². The summed E-state index contributed by atoms with van der Waals surface area (Å²) in [6, 6.07) is 2.08. The molecule has 0 saturated carbocycles. The Bertz CT molecular complexity index is 574. The van der Waals surface area contributed by atoms with E-state index in [0.29, 0.717) is 6.42 Å². The molecule has 106 valence electrons. The maximum absolute atomic E-state index is 12.6. The van der Waals surface area contributed by atoms with E-state index < -0.39 is 0 Å². The second-order valence-corrected chi connectivity index (χ2v) is 5.26. The zero-order valence-electron chi connectivity index (χ0n) is 11.6. The first-order valence-corrected chi connectivity index (χ1v) is 7.03. The molecule has 1 atom stereocenters. The van der Waals surface area contributed by atoms with Crippen molar-refractivity contribution in [1.29, 1.82) is 0 Å². The molecule has 1 amide bonds. The maximum atomic E-state index is 12.6. The van der Waals surface area contributed by atoms with Gasteiger partial charge in [0.15, 0.2) is 0 Å². The van der Waals surface area contributed by atoms with Crippen molar-refractivity contribution in [3.63, 3.8) is 0 Å². The van der Waals surface area contributed by atoms with Gasteiger partial charge in [-0.15, -0.1) is 0 Å². The van der Waals surface area contributed by atoms with Crippen LogP contribution in [0.3, 0.4) is 0 Å². The number of amides is 1. The highest BCUT2D eigenvalue weighted by molar-refractivity contribution is 5.79. The molecule has 1 aliphatic rings. The van der Waals surface area contributed by atoms with E-state index >= 15 is 0 Å². The third-order valence-electron chi connectivity index (χ3n) is 3.96. The van der Waals surface area contributed by atoms with Crippen LogP contribution >= 0.6 is 0 Å². The predicted octanol–water partition coefficient (Wildman–Crippen LogP) is 1.74. The Hall–Kier alpha value is -2.11. The van der Waals surface area contributed by atoms with Gasteiger partial charge in [-0.1, -0.05) is 0 Å². The highest BCUT2D eigenvalue weighted by Gasteiger charge is 2.29. The molecule has 1 saturated heterocycles. The van der Waals surface area contributed by atoms with E-state index in [2.05, 4.69) is 20.2 Å². The van der Waals surface area contributed by atoms with Gasteiger partial charge in [0.05, 0.1) is 30.2 Å². The smallest absolute Gasteiger partial charge is 0.229 e. The van der Waals surface area contributed by atoms with Crippen molar-refractivity contribution in [3.05, 3.63) is 35.7 Å². The van der Waals surface area contributed by atoms with Gasteiger partial charge in [0.25, 0.3) is 0 Å². The van der Waals surface area contributed by atoms with Gasteiger partial charge in [-0.2, -0.15) is 5.10 Å². The largest absolute Gasteiger partial charge is 0.348 e. The first kappa shape index (κ1) is 12.9. The van der Waals surface area contributed by atoms with Gasteiger partial charge in [-0.3, -0.25) is 9.89 Å². The van der Waals surface area contributed by atoms with E-state index in [4.69, 9.17) is 0 Å². The normalized spacial score (nSPS) is 19.2. The third kappa shape index (κ3) is 2.45. The predicted molar refractivity (Wildman–Crippen MR) is 73.9 cm³/mol. The van der Waals surface area contributed by atoms with Crippen LogP contribution in [0.4, 0.5) is 0 Å². The summed E-state index contributed by atoms with van der Waals surface area (Å²) in [5.41, 5.74) is 2.83. The zero-order chi connectivity index (χ0) is 13.9. The Kier molecular flexibility index (Phi) is 3.54. The van der Waals surface area contributed by atoms with Crippen LogP contribution in [0.2, 0.25) is 0 Å². The van der Waals surface area contributed by atoms with E-state index in [9.17, 15) is 4.79 Å². The van der Waals surface area contributed by atoms with Crippen molar-refractivity contribution in [3.8, 4) is 0 Å². The Labute approximate surface area is 117 Å².